The van der Waals surface area contributed by atoms with Crippen molar-refractivity contribution in [1.29, 1.82) is 0 Å². The van der Waals surface area contributed by atoms with Gasteiger partial charge in [-0.15, -0.1) is 0 Å². The molecule has 0 aliphatic rings. The number of nitrogens with one attached hydrogen (secondary N) is 1. The first kappa shape index (κ1) is 19.8. The molecule has 134 valence electrons. The molecule has 0 heterocycles. The van der Waals surface area contributed by atoms with Crippen LogP contribution in [0.4, 0.5) is 18.0 Å². The molecule has 0 bridgehead atoms. The van der Waals surface area contributed by atoms with Gasteiger partial charge >= 0.3 is 12.3 Å². The number of aryl methyl sites for hydroxylation is 1. The van der Waals surface area contributed by atoms with E-state index in [4.69, 9.17) is 10.5 Å². The average molecular weight is 346 g/mol. The Kier molecular flexibility index (Phi) is 7.06. The fourth-order valence-electron chi connectivity index (χ4n) is 2.09. The SMILES string of the molecule is Cc1ccc(C(=O)NCC(OC(N)=O)C(C)CCC(F)(F)F)cc1. The van der Waals surface area contributed by atoms with Crippen molar-refractivity contribution in [1.82, 2.24) is 5.32 Å². The Morgan fingerprint density at radius 2 is 1.83 bits per heavy atom. The molecule has 1 aromatic rings. The highest BCUT2D eigenvalue weighted by atomic mass is 19.4. The van der Waals surface area contributed by atoms with Crippen LogP contribution in [0, 0.1) is 12.8 Å². The van der Waals surface area contributed by atoms with Gasteiger partial charge in [0, 0.05) is 12.0 Å². The van der Waals surface area contributed by atoms with Crippen LogP contribution in [0.2, 0.25) is 0 Å². The van der Waals surface area contributed by atoms with Gasteiger partial charge in [-0.25, -0.2) is 4.79 Å². The summed E-state index contributed by atoms with van der Waals surface area (Å²) >= 11 is 0. The molecule has 0 aromatic heterocycles. The smallest absolute Gasteiger partial charge is 0.404 e. The summed E-state index contributed by atoms with van der Waals surface area (Å²) in [5, 5.41) is 2.55. The van der Waals surface area contributed by atoms with Crippen LogP contribution < -0.4 is 11.1 Å². The maximum atomic E-state index is 12.3. The van der Waals surface area contributed by atoms with Crippen LogP contribution in [-0.4, -0.2) is 30.8 Å². The van der Waals surface area contributed by atoms with Crippen molar-refractivity contribution in [3.8, 4) is 0 Å². The average Bonchev–Trinajstić information content (AvgIpc) is 2.48. The largest absolute Gasteiger partial charge is 0.444 e. The van der Waals surface area contributed by atoms with Gasteiger partial charge in [0.05, 0.1) is 6.54 Å². The van der Waals surface area contributed by atoms with Crippen LogP contribution in [0.25, 0.3) is 0 Å². The summed E-state index contributed by atoms with van der Waals surface area (Å²) in [5.74, 6) is -1.02. The molecule has 2 unspecified atom stereocenters. The summed E-state index contributed by atoms with van der Waals surface area (Å²) in [4.78, 5) is 23.0. The minimum atomic E-state index is -4.29. The fraction of sp³-hybridized carbons (Fsp3) is 0.500. The molecule has 2 atom stereocenters. The van der Waals surface area contributed by atoms with E-state index in [2.05, 4.69) is 5.32 Å². The zero-order chi connectivity index (χ0) is 18.3. The number of primary amides is 1. The first-order chi connectivity index (χ1) is 11.1. The van der Waals surface area contributed by atoms with Crippen LogP contribution >= 0.6 is 0 Å². The lowest BCUT2D eigenvalue weighted by molar-refractivity contribution is -0.138. The van der Waals surface area contributed by atoms with Gasteiger partial charge in [0.2, 0.25) is 0 Å². The number of carbonyl (C=O) groups excluding carboxylic acids is 2. The maximum Gasteiger partial charge on any atom is 0.404 e. The van der Waals surface area contributed by atoms with Gasteiger partial charge in [-0.3, -0.25) is 4.79 Å². The second-order valence-corrected chi connectivity index (χ2v) is 5.68. The molecule has 0 saturated heterocycles. The highest BCUT2D eigenvalue weighted by Gasteiger charge is 2.30. The Morgan fingerprint density at radius 1 is 1.25 bits per heavy atom. The Bertz CT molecular complexity index is 559. The third-order valence-electron chi connectivity index (χ3n) is 3.56. The number of alkyl halides is 3. The summed E-state index contributed by atoms with van der Waals surface area (Å²) in [6, 6.07) is 6.78. The fourth-order valence-corrected chi connectivity index (χ4v) is 2.09. The topological polar surface area (TPSA) is 81.4 Å². The summed E-state index contributed by atoms with van der Waals surface area (Å²) in [6.45, 7) is 3.27. The first-order valence-electron chi connectivity index (χ1n) is 7.46. The molecule has 1 rings (SSSR count). The van der Waals surface area contributed by atoms with Gasteiger partial charge in [0.25, 0.3) is 5.91 Å². The van der Waals surface area contributed by atoms with E-state index in [1.807, 2.05) is 6.92 Å². The predicted molar refractivity (Wildman–Crippen MR) is 82.4 cm³/mol. The number of hydrogen-bond donors (Lipinski definition) is 2. The summed E-state index contributed by atoms with van der Waals surface area (Å²) in [7, 11) is 0. The second-order valence-electron chi connectivity index (χ2n) is 5.68. The van der Waals surface area contributed by atoms with E-state index < -0.39 is 36.6 Å². The van der Waals surface area contributed by atoms with Gasteiger partial charge in [0.1, 0.15) is 6.10 Å². The van der Waals surface area contributed by atoms with E-state index in [1.165, 1.54) is 6.92 Å². The number of carbonyl (C=O) groups is 2. The Hall–Kier alpha value is -2.25. The zero-order valence-corrected chi connectivity index (χ0v) is 13.5. The van der Waals surface area contributed by atoms with Crippen molar-refractivity contribution in [3.63, 3.8) is 0 Å². The van der Waals surface area contributed by atoms with Gasteiger partial charge < -0.3 is 15.8 Å². The van der Waals surface area contributed by atoms with Crippen molar-refractivity contribution in [2.45, 2.75) is 39.0 Å². The molecule has 0 radical (unpaired) electrons. The predicted octanol–water partition coefficient (Wildman–Crippen LogP) is 3.17. The van der Waals surface area contributed by atoms with Crippen molar-refractivity contribution in [2.24, 2.45) is 11.7 Å². The van der Waals surface area contributed by atoms with Crippen LogP contribution in [0.3, 0.4) is 0 Å². The Balaban J connectivity index is 2.63. The minimum absolute atomic E-state index is 0.116. The maximum absolute atomic E-state index is 12.3. The summed E-state index contributed by atoms with van der Waals surface area (Å²) in [5.41, 5.74) is 6.34. The molecular formula is C16H21F3N2O3. The zero-order valence-electron chi connectivity index (χ0n) is 13.5. The van der Waals surface area contributed by atoms with Crippen molar-refractivity contribution < 1.29 is 27.5 Å². The van der Waals surface area contributed by atoms with E-state index in [-0.39, 0.29) is 13.0 Å². The summed E-state index contributed by atoms with van der Waals surface area (Å²) in [6.07, 6.45) is -7.56. The highest BCUT2D eigenvalue weighted by molar-refractivity contribution is 5.94. The van der Waals surface area contributed by atoms with E-state index in [0.717, 1.165) is 5.56 Å². The first-order valence-corrected chi connectivity index (χ1v) is 7.46. The molecule has 1 aromatic carbocycles. The van der Waals surface area contributed by atoms with Crippen molar-refractivity contribution >= 4 is 12.0 Å². The third-order valence-corrected chi connectivity index (χ3v) is 3.56. The number of rotatable bonds is 7. The molecule has 0 aliphatic heterocycles. The van der Waals surface area contributed by atoms with Crippen LogP contribution in [0.1, 0.15) is 35.7 Å². The number of ether oxygens (including phenoxy) is 1. The number of hydrogen-bond acceptors (Lipinski definition) is 3. The standard InChI is InChI=1S/C16H21F3N2O3/c1-10-3-5-12(6-4-10)14(22)21-9-13(24-15(20)23)11(2)7-8-16(17,18)19/h3-6,11,13H,7-9H2,1-2H3,(H2,20,23)(H,21,22). The molecule has 0 spiro atoms. The van der Waals surface area contributed by atoms with Gasteiger partial charge in [-0.2, -0.15) is 13.2 Å². The molecule has 0 aliphatic carbocycles. The quantitative estimate of drug-likeness (QED) is 0.796. The molecule has 0 fully saturated rings. The minimum Gasteiger partial charge on any atom is -0.444 e. The lowest BCUT2D eigenvalue weighted by Gasteiger charge is -2.24. The van der Waals surface area contributed by atoms with Gasteiger partial charge in [0.15, 0.2) is 0 Å². The lowest BCUT2D eigenvalue weighted by atomic mass is 9.98. The van der Waals surface area contributed by atoms with Crippen molar-refractivity contribution in [3.05, 3.63) is 35.4 Å². The van der Waals surface area contributed by atoms with E-state index in [1.54, 1.807) is 24.3 Å². The van der Waals surface area contributed by atoms with Crippen molar-refractivity contribution in [2.75, 3.05) is 6.54 Å². The van der Waals surface area contributed by atoms with E-state index in [9.17, 15) is 22.8 Å². The molecule has 24 heavy (non-hydrogen) atoms. The molecule has 0 saturated carbocycles. The molecule has 3 N–H and O–H groups in total. The van der Waals surface area contributed by atoms with Crippen LogP contribution in [0.15, 0.2) is 24.3 Å². The number of nitrogens with two attached hydrogens (primary N) is 1. The number of amides is 2. The lowest BCUT2D eigenvalue weighted by Crippen LogP contribution is -2.40. The van der Waals surface area contributed by atoms with Crippen LogP contribution in [0.5, 0.6) is 0 Å². The van der Waals surface area contributed by atoms with E-state index in [0.29, 0.717) is 5.56 Å². The normalized spacial score (nSPS) is 13.9. The molecular weight excluding hydrogens is 325 g/mol. The number of halogens is 3. The Labute approximate surface area is 138 Å². The monoisotopic (exact) mass is 346 g/mol. The number of benzene rings is 1. The molecule has 5 nitrogen and oxygen atoms in total. The highest BCUT2D eigenvalue weighted by Crippen LogP contribution is 2.25. The van der Waals surface area contributed by atoms with Crippen LogP contribution in [-0.2, 0) is 4.74 Å². The van der Waals surface area contributed by atoms with Gasteiger partial charge in [-0.1, -0.05) is 24.6 Å². The van der Waals surface area contributed by atoms with Gasteiger partial charge in [-0.05, 0) is 31.4 Å². The summed E-state index contributed by atoms with van der Waals surface area (Å²) < 4.78 is 41.8. The molecule has 2 amide bonds. The Morgan fingerprint density at radius 3 is 2.33 bits per heavy atom. The molecule has 8 heteroatoms. The second kappa shape index (κ2) is 8.56. The van der Waals surface area contributed by atoms with E-state index >= 15 is 0 Å². The third kappa shape index (κ3) is 7.34.